The number of nitrogen functional groups attached to an aromatic ring is 1. The number of hydrogen-bond donors (Lipinski definition) is 1. The van der Waals surface area contributed by atoms with Crippen LogP contribution in [0.15, 0.2) is 18.2 Å². The zero-order valence-electron chi connectivity index (χ0n) is 9.75. The highest BCUT2D eigenvalue weighted by Gasteiger charge is 2.23. The SMILES string of the molecule is CCN(Cc1cc(Cl)ccc1N)CC1CC1. The largest absolute Gasteiger partial charge is 0.398 e. The van der Waals surface area contributed by atoms with E-state index in [9.17, 15) is 0 Å². The summed E-state index contributed by atoms with van der Waals surface area (Å²) < 4.78 is 0. The quantitative estimate of drug-likeness (QED) is 0.799. The fourth-order valence-electron chi connectivity index (χ4n) is 1.92. The summed E-state index contributed by atoms with van der Waals surface area (Å²) in [6, 6.07) is 5.71. The maximum absolute atomic E-state index is 5.99. The lowest BCUT2D eigenvalue weighted by atomic mass is 10.1. The molecule has 1 aliphatic rings. The minimum Gasteiger partial charge on any atom is -0.398 e. The van der Waals surface area contributed by atoms with Crippen LogP contribution in [0.2, 0.25) is 5.02 Å². The van der Waals surface area contributed by atoms with Crippen molar-refractivity contribution in [3.05, 3.63) is 28.8 Å². The number of benzene rings is 1. The van der Waals surface area contributed by atoms with E-state index in [4.69, 9.17) is 17.3 Å². The van der Waals surface area contributed by atoms with Gasteiger partial charge in [0.05, 0.1) is 0 Å². The molecule has 0 bridgehead atoms. The lowest BCUT2D eigenvalue weighted by Crippen LogP contribution is -2.25. The summed E-state index contributed by atoms with van der Waals surface area (Å²) in [6.07, 6.45) is 2.78. The summed E-state index contributed by atoms with van der Waals surface area (Å²) >= 11 is 5.99. The molecule has 0 unspecified atom stereocenters. The van der Waals surface area contributed by atoms with E-state index in [-0.39, 0.29) is 0 Å². The van der Waals surface area contributed by atoms with Gasteiger partial charge in [-0.2, -0.15) is 0 Å². The molecule has 0 spiro atoms. The Hall–Kier alpha value is -0.730. The summed E-state index contributed by atoms with van der Waals surface area (Å²) in [5, 5.41) is 0.770. The fourth-order valence-corrected chi connectivity index (χ4v) is 2.12. The fraction of sp³-hybridized carbons (Fsp3) is 0.538. The van der Waals surface area contributed by atoms with Crippen LogP contribution in [0, 0.1) is 5.92 Å². The van der Waals surface area contributed by atoms with Gasteiger partial charge in [-0.05, 0) is 49.1 Å². The molecule has 0 radical (unpaired) electrons. The lowest BCUT2D eigenvalue weighted by Gasteiger charge is -2.21. The summed E-state index contributed by atoms with van der Waals surface area (Å²) in [5.74, 6) is 0.917. The second-order valence-corrected chi connectivity index (χ2v) is 5.05. The Morgan fingerprint density at radius 2 is 2.19 bits per heavy atom. The highest BCUT2D eigenvalue weighted by atomic mass is 35.5. The molecular weight excluding hydrogens is 220 g/mol. The van der Waals surface area contributed by atoms with E-state index in [1.807, 2.05) is 18.2 Å². The molecule has 0 atom stereocenters. The van der Waals surface area contributed by atoms with Crippen LogP contribution in [0.5, 0.6) is 0 Å². The van der Waals surface area contributed by atoms with E-state index in [0.717, 1.165) is 35.3 Å². The van der Waals surface area contributed by atoms with Crippen molar-refractivity contribution in [2.75, 3.05) is 18.8 Å². The van der Waals surface area contributed by atoms with E-state index in [1.165, 1.54) is 19.4 Å². The number of halogens is 1. The molecule has 88 valence electrons. The number of nitrogens with two attached hydrogens (primary N) is 1. The van der Waals surface area contributed by atoms with Crippen molar-refractivity contribution in [1.82, 2.24) is 4.90 Å². The van der Waals surface area contributed by atoms with Crippen molar-refractivity contribution >= 4 is 17.3 Å². The molecular formula is C13H19ClN2. The van der Waals surface area contributed by atoms with Crippen molar-refractivity contribution in [1.29, 1.82) is 0 Å². The molecule has 0 aromatic heterocycles. The van der Waals surface area contributed by atoms with Gasteiger partial charge in [-0.1, -0.05) is 18.5 Å². The molecule has 2 rings (SSSR count). The third-order valence-corrected chi connectivity index (χ3v) is 3.39. The van der Waals surface area contributed by atoms with Gasteiger partial charge in [-0.15, -0.1) is 0 Å². The van der Waals surface area contributed by atoms with Crippen LogP contribution in [-0.4, -0.2) is 18.0 Å². The first kappa shape index (κ1) is 11.7. The lowest BCUT2D eigenvalue weighted by molar-refractivity contribution is 0.269. The van der Waals surface area contributed by atoms with Gasteiger partial charge in [0, 0.05) is 23.8 Å². The predicted octanol–water partition coefficient (Wildman–Crippen LogP) is 3.15. The van der Waals surface area contributed by atoms with Crippen molar-refractivity contribution in [2.45, 2.75) is 26.3 Å². The van der Waals surface area contributed by atoms with E-state index in [1.54, 1.807) is 0 Å². The molecule has 0 heterocycles. The first-order valence-corrected chi connectivity index (χ1v) is 6.33. The second kappa shape index (κ2) is 5.07. The van der Waals surface area contributed by atoms with E-state index in [2.05, 4.69) is 11.8 Å². The first-order chi connectivity index (χ1) is 7.69. The monoisotopic (exact) mass is 238 g/mol. The highest BCUT2D eigenvalue weighted by Crippen LogP contribution is 2.30. The van der Waals surface area contributed by atoms with Crippen LogP contribution >= 0.6 is 11.6 Å². The Morgan fingerprint density at radius 3 is 2.81 bits per heavy atom. The van der Waals surface area contributed by atoms with Crippen molar-refractivity contribution in [2.24, 2.45) is 5.92 Å². The average Bonchev–Trinajstić information content (AvgIpc) is 3.06. The maximum Gasteiger partial charge on any atom is 0.0410 e. The third kappa shape index (κ3) is 3.13. The van der Waals surface area contributed by atoms with Gasteiger partial charge < -0.3 is 5.73 Å². The maximum atomic E-state index is 5.99. The molecule has 1 fully saturated rings. The molecule has 2 N–H and O–H groups in total. The minimum absolute atomic E-state index is 0.770. The van der Waals surface area contributed by atoms with E-state index in [0.29, 0.717) is 0 Å². The normalized spacial score (nSPS) is 15.7. The molecule has 16 heavy (non-hydrogen) atoms. The summed E-state index contributed by atoms with van der Waals surface area (Å²) in [5.41, 5.74) is 7.95. The van der Waals surface area contributed by atoms with Gasteiger partial charge in [-0.3, -0.25) is 4.90 Å². The van der Waals surface area contributed by atoms with Gasteiger partial charge in [0.15, 0.2) is 0 Å². The Bertz CT molecular complexity index is 361. The van der Waals surface area contributed by atoms with Crippen molar-refractivity contribution in [3.8, 4) is 0 Å². The van der Waals surface area contributed by atoms with Crippen LogP contribution in [0.3, 0.4) is 0 Å². The second-order valence-electron chi connectivity index (χ2n) is 4.61. The summed E-state index contributed by atoms with van der Waals surface area (Å²) in [4.78, 5) is 2.44. The molecule has 0 saturated heterocycles. The first-order valence-electron chi connectivity index (χ1n) is 5.95. The van der Waals surface area contributed by atoms with Gasteiger partial charge in [0.2, 0.25) is 0 Å². The molecule has 1 aliphatic carbocycles. The number of nitrogens with zero attached hydrogens (tertiary/aromatic N) is 1. The van der Waals surface area contributed by atoms with Crippen molar-refractivity contribution in [3.63, 3.8) is 0 Å². The number of rotatable bonds is 5. The van der Waals surface area contributed by atoms with Crippen LogP contribution in [0.25, 0.3) is 0 Å². The molecule has 1 saturated carbocycles. The highest BCUT2D eigenvalue weighted by molar-refractivity contribution is 6.30. The molecule has 0 aliphatic heterocycles. The third-order valence-electron chi connectivity index (χ3n) is 3.16. The van der Waals surface area contributed by atoms with Crippen LogP contribution in [-0.2, 0) is 6.54 Å². The standard InChI is InChI=1S/C13H19ClN2/c1-2-16(8-10-3-4-10)9-11-7-12(14)5-6-13(11)15/h5-7,10H,2-4,8-9,15H2,1H3. The smallest absolute Gasteiger partial charge is 0.0410 e. The summed E-state index contributed by atoms with van der Waals surface area (Å²) in [7, 11) is 0. The molecule has 1 aromatic carbocycles. The molecule has 1 aromatic rings. The topological polar surface area (TPSA) is 29.3 Å². The predicted molar refractivity (Wildman–Crippen MR) is 69.5 cm³/mol. The number of hydrogen-bond acceptors (Lipinski definition) is 2. The molecule has 2 nitrogen and oxygen atoms in total. The number of anilines is 1. The Labute approximate surface area is 102 Å². The van der Waals surface area contributed by atoms with Gasteiger partial charge in [0.1, 0.15) is 0 Å². The van der Waals surface area contributed by atoms with Crippen LogP contribution in [0.1, 0.15) is 25.3 Å². The van der Waals surface area contributed by atoms with Crippen LogP contribution < -0.4 is 5.73 Å². The van der Waals surface area contributed by atoms with Crippen molar-refractivity contribution < 1.29 is 0 Å². The Kier molecular flexibility index (Phi) is 3.72. The van der Waals surface area contributed by atoms with Gasteiger partial charge in [-0.25, -0.2) is 0 Å². The van der Waals surface area contributed by atoms with E-state index < -0.39 is 0 Å². The van der Waals surface area contributed by atoms with Gasteiger partial charge >= 0.3 is 0 Å². The zero-order chi connectivity index (χ0) is 11.5. The van der Waals surface area contributed by atoms with E-state index >= 15 is 0 Å². The zero-order valence-corrected chi connectivity index (χ0v) is 10.5. The molecule has 3 heteroatoms. The van der Waals surface area contributed by atoms with Crippen LogP contribution in [0.4, 0.5) is 5.69 Å². The molecule has 0 amide bonds. The minimum atomic E-state index is 0.770. The summed E-state index contributed by atoms with van der Waals surface area (Å²) in [6.45, 7) is 5.38. The average molecular weight is 239 g/mol. The Balaban J connectivity index is 2.01. The Morgan fingerprint density at radius 1 is 1.44 bits per heavy atom. The van der Waals surface area contributed by atoms with Gasteiger partial charge in [0.25, 0.3) is 0 Å².